The number of phosphoric acid groups is 1. The first-order chi connectivity index (χ1) is 12.8. The van der Waals surface area contributed by atoms with E-state index in [2.05, 4.69) is 10.6 Å². The molecule has 144 valence electrons. The van der Waals surface area contributed by atoms with Crippen LogP contribution in [0.15, 0.2) is 36.4 Å². The quantitative estimate of drug-likeness (QED) is 0.288. The first kappa shape index (κ1) is 24.1. The second-order valence-corrected chi connectivity index (χ2v) is 6.40. The Kier molecular flexibility index (Phi) is 9.05. The molecule has 0 aliphatic carbocycles. The summed E-state index contributed by atoms with van der Waals surface area (Å²) in [5.41, 5.74) is 1.54. The van der Waals surface area contributed by atoms with Gasteiger partial charge in [-0.05, 0) is 47.5 Å². The van der Waals surface area contributed by atoms with Crippen LogP contribution in [0.25, 0.3) is 11.6 Å². The third-order valence-electron chi connectivity index (χ3n) is 3.53. The van der Waals surface area contributed by atoms with Crippen molar-refractivity contribution in [2.45, 2.75) is 0 Å². The van der Waals surface area contributed by atoms with Crippen molar-refractivity contribution in [1.29, 1.82) is 5.26 Å². The normalized spacial score (nSPS) is 11.1. The molecule has 0 aliphatic rings. The molecule has 0 fully saturated rings. The number of methoxy groups -OCH3 is 3. The van der Waals surface area contributed by atoms with Crippen LogP contribution in [-0.2, 0) is 4.57 Å². The van der Waals surface area contributed by atoms with E-state index >= 15 is 0 Å². The number of hydrogen-bond acceptors (Lipinski definition) is 6. The maximum atomic E-state index is 11.0. The Morgan fingerprint density at radius 2 is 1.57 bits per heavy atom. The van der Waals surface area contributed by atoms with E-state index in [1.165, 1.54) is 33.5 Å². The fraction of sp³-hybridized carbons (Fsp3) is 0.167. The van der Waals surface area contributed by atoms with Crippen molar-refractivity contribution < 1.29 is 64.1 Å². The molecule has 0 aliphatic heterocycles. The van der Waals surface area contributed by atoms with Gasteiger partial charge in [-0.15, -0.1) is 0 Å². The molecule has 2 rings (SSSR count). The Labute approximate surface area is 186 Å². The van der Waals surface area contributed by atoms with Gasteiger partial charge >= 0.3 is 37.4 Å². The minimum absolute atomic E-state index is 0. The SMILES string of the molecule is COc1ccc(/C(C#N)=C/c2ccc(OP(=O)(O)O)c(OC)c2)cc1OC.[H-].[Na+]. The van der Waals surface area contributed by atoms with Crippen LogP contribution in [0.2, 0.25) is 0 Å². The number of allylic oxidation sites excluding steroid dienone is 1. The van der Waals surface area contributed by atoms with Gasteiger partial charge in [0, 0.05) is 0 Å². The molecule has 0 saturated heterocycles. The van der Waals surface area contributed by atoms with Gasteiger partial charge in [-0.2, -0.15) is 5.26 Å². The molecule has 0 spiro atoms. The molecule has 0 radical (unpaired) electrons. The molecule has 2 aromatic rings. The second kappa shape index (κ2) is 10.5. The van der Waals surface area contributed by atoms with Crippen molar-refractivity contribution >= 4 is 19.5 Å². The predicted molar refractivity (Wildman–Crippen MR) is 99.8 cm³/mol. The van der Waals surface area contributed by atoms with E-state index < -0.39 is 7.82 Å². The van der Waals surface area contributed by atoms with Crippen LogP contribution in [0.5, 0.6) is 23.0 Å². The molecule has 0 bridgehead atoms. The third-order valence-corrected chi connectivity index (χ3v) is 3.97. The largest absolute Gasteiger partial charge is 1.00 e. The van der Waals surface area contributed by atoms with Crippen molar-refractivity contribution in [3.63, 3.8) is 0 Å². The van der Waals surface area contributed by atoms with E-state index in [1.54, 1.807) is 30.3 Å². The molecule has 0 aromatic heterocycles. The fourth-order valence-corrected chi connectivity index (χ4v) is 2.74. The molecule has 0 atom stereocenters. The number of hydrogen-bond donors (Lipinski definition) is 2. The van der Waals surface area contributed by atoms with Crippen molar-refractivity contribution in [2.75, 3.05) is 21.3 Å². The van der Waals surface area contributed by atoms with Gasteiger partial charge in [-0.1, -0.05) is 6.07 Å². The molecule has 2 aromatic carbocycles. The number of benzene rings is 2. The van der Waals surface area contributed by atoms with Crippen LogP contribution in [-0.4, -0.2) is 31.1 Å². The standard InChI is InChI=1S/C18H18NO7P.Na.H/c1-23-15-7-5-13(10-18(15)25-3)14(11-19)8-12-4-6-16(17(9-12)24-2)26-27(20,21)22;;/h4-10H,1-3H3,(H2,20,21,22);;/q;+1;-1/b14-8+;;. The van der Waals surface area contributed by atoms with Crippen LogP contribution >= 0.6 is 7.82 Å². The van der Waals surface area contributed by atoms with Crippen molar-refractivity contribution in [3.05, 3.63) is 47.5 Å². The van der Waals surface area contributed by atoms with E-state index in [-0.39, 0.29) is 42.5 Å². The molecule has 0 unspecified atom stereocenters. The zero-order valence-electron chi connectivity index (χ0n) is 16.9. The van der Waals surface area contributed by atoms with Gasteiger partial charge in [0.15, 0.2) is 23.0 Å². The first-order valence-electron chi connectivity index (χ1n) is 7.58. The number of ether oxygens (including phenoxy) is 3. The first-order valence-corrected chi connectivity index (χ1v) is 9.11. The minimum atomic E-state index is -4.71. The number of nitriles is 1. The second-order valence-electron chi connectivity index (χ2n) is 5.23. The van der Waals surface area contributed by atoms with Crippen molar-refractivity contribution in [3.8, 4) is 29.1 Å². The van der Waals surface area contributed by atoms with E-state index in [1.807, 2.05) is 0 Å². The Bertz CT molecular complexity index is 956. The van der Waals surface area contributed by atoms with Crippen molar-refractivity contribution in [1.82, 2.24) is 0 Å². The Morgan fingerprint density at radius 1 is 1.00 bits per heavy atom. The van der Waals surface area contributed by atoms with Gasteiger partial charge in [0.1, 0.15) is 0 Å². The molecule has 2 N–H and O–H groups in total. The molecule has 8 nitrogen and oxygen atoms in total. The van der Waals surface area contributed by atoms with Crippen molar-refractivity contribution in [2.24, 2.45) is 0 Å². The van der Waals surface area contributed by atoms with Crippen LogP contribution in [0, 0.1) is 11.3 Å². The summed E-state index contributed by atoms with van der Waals surface area (Å²) in [4.78, 5) is 17.9. The van der Waals surface area contributed by atoms with E-state index in [0.29, 0.717) is 28.2 Å². The van der Waals surface area contributed by atoms with Gasteiger partial charge in [-0.3, -0.25) is 9.79 Å². The molecule has 28 heavy (non-hydrogen) atoms. The average Bonchev–Trinajstić information content (AvgIpc) is 2.65. The van der Waals surface area contributed by atoms with Gasteiger partial charge in [0.25, 0.3) is 0 Å². The summed E-state index contributed by atoms with van der Waals surface area (Å²) in [7, 11) is -0.350. The fourth-order valence-electron chi connectivity index (χ4n) is 2.33. The molecule has 10 heteroatoms. The summed E-state index contributed by atoms with van der Waals surface area (Å²) in [5, 5.41) is 9.52. The van der Waals surface area contributed by atoms with Crippen LogP contribution in [0.3, 0.4) is 0 Å². The summed E-state index contributed by atoms with van der Waals surface area (Å²) < 4.78 is 31.1. The number of nitrogens with zero attached hydrogens (tertiary/aromatic N) is 1. The molecule has 0 heterocycles. The average molecular weight is 415 g/mol. The molecule has 0 amide bonds. The predicted octanol–water partition coefficient (Wildman–Crippen LogP) is 0.365. The molecular formula is C18H19NNaO7P. The summed E-state index contributed by atoms with van der Waals surface area (Å²) in [5.74, 6) is 1.04. The zero-order valence-corrected chi connectivity index (χ0v) is 18.8. The van der Waals surface area contributed by atoms with Gasteiger partial charge in [0.2, 0.25) is 0 Å². The van der Waals surface area contributed by atoms with E-state index in [4.69, 9.17) is 24.0 Å². The van der Waals surface area contributed by atoms with Gasteiger partial charge in [-0.25, -0.2) is 4.57 Å². The van der Waals surface area contributed by atoms with Crippen LogP contribution in [0.4, 0.5) is 0 Å². The smallest absolute Gasteiger partial charge is 1.00 e. The van der Waals surface area contributed by atoms with Gasteiger partial charge < -0.3 is 20.2 Å². The summed E-state index contributed by atoms with van der Waals surface area (Å²) >= 11 is 0. The topological polar surface area (TPSA) is 118 Å². The Hall–Kier alpha value is -1.98. The zero-order chi connectivity index (χ0) is 20.0. The maximum absolute atomic E-state index is 11.0. The summed E-state index contributed by atoms with van der Waals surface area (Å²) in [6, 6.07) is 11.6. The maximum Gasteiger partial charge on any atom is 1.00 e. The number of rotatable bonds is 7. The third kappa shape index (κ3) is 6.28. The molecule has 0 saturated carbocycles. The van der Waals surface area contributed by atoms with Crippen LogP contribution in [0.1, 0.15) is 12.6 Å². The van der Waals surface area contributed by atoms with Gasteiger partial charge in [0.05, 0.1) is 33.0 Å². The van der Waals surface area contributed by atoms with Crippen LogP contribution < -0.4 is 48.3 Å². The number of phosphoric ester groups is 1. The minimum Gasteiger partial charge on any atom is -1.00 e. The van der Waals surface area contributed by atoms with E-state index in [0.717, 1.165) is 0 Å². The summed E-state index contributed by atoms with van der Waals surface area (Å²) in [6.45, 7) is 0. The monoisotopic (exact) mass is 415 g/mol. The molecular weight excluding hydrogens is 396 g/mol. The Morgan fingerprint density at radius 3 is 2.11 bits per heavy atom. The summed E-state index contributed by atoms with van der Waals surface area (Å²) in [6.07, 6.45) is 1.60. The Balaban J connectivity index is 0.00000392. The van der Waals surface area contributed by atoms with E-state index in [9.17, 15) is 9.83 Å².